The van der Waals surface area contributed by atoms with Crippen molar-refractivity contribution in [3.05, 3.63) is 70.2 Å². The van der Waals surface area contributed by atoms with E-state index in [-0.39, 0.29) is 5.97 Å². The highest BCUT2D eigenvalue weighted by molar-refractivity contribution is 9.10. The molecule has 2 unspecified atom stereocenters. The first-order valence-electron chi connectivity index (χ1n) is 7.76. The van der Waals surface area contributed by atoms with Crippen LogP contribution in [0.2, 0.25) is 0 Å². The quantitative estimate of drug-likeness (QED) is 0.830. The number of ether oxygens (including phenoxy) is 1. The molecule has 23 heavy (non-hydrogen) atoms. The average molecular weight is 374 g/mol. The lowest BCUT2D eigenvalue weighted by Gasteiger charge is -2.27. The van der Waals surface area contributed by atoms with Crippen molar-refractivity contribution in [1.82, 2.24) is 5.32 Å². The third kappa shape index (κ3) is 3.48. The van der Waals surface area contributed by atoms with Gasteiger partial charge in [-0.05, 0) is 35.6 Å². The fourth-order valence-corrected chi connectivity index (χ4v) is 3.62. The molecule has 0 bridgehead atoms. The Morgan fingerprint density at radius 3 is 2.57 bits per heavy atom. The van der Waals surface area contributed by atoms with Gasteiger partial charge in [0.1, 0.15) is 5.54 Å². The van der Waals surface area contributed by atoms with Crippen molar-refractivity contribution in [2.45, 2.75) is 24.3 Å². The Kier molecular flexibility index (Phi) is 4.83. The number of carbonyl (C=O) groups excluding carboxylic acids is 1. The Labute approximate surface area is 145 Å². The molecule has 0 radical (unpaired) electrons. The third-order valence-corrected chi connectivity index (χ3v) is 5.08. The number of hydrogen-bond acceptors (Lipinski definition) is 3. The van der Waals surface area contributed by atoms with Crippen LogP contribution >= 0.6 is 15.9 Å². The van der Waals surface area contributed by atoms with Gasteiger partial charge in [0.25, 0.3) is 0 Å². The Hall–Kier alpha value is -1.65. The van der Waals surface area contributed by atoms with Gasteiger partial charge in [-0.1, -0.05) is 58.4 Å². The van der Waals surface area contributed by atoms with Gasteiger partial charge in [0.2, 0.25) is 0 Å². The molecule has 0 amide bonds. The molecule has 3 rings (SSSR count). The molecule has 1 heterocycles. The summed E-state index contributed by atoms with van der Waals surface area (Å²) in [6.45, 7) is 0.787. The molecule has 0 aliphatic carbocycles. The summed E-state index contributed by atoms with van der Waals surface area (Å²) in [6, 6.07) is 18.5. The standard InChI is InChI=1S/C19H20BrNO2/c1-23-18(22)19(11-14-7-9-17(20)10-8-14)12-16(13-21-19)15-5-3-2-4-6-15/h2-10,16,21H,11-13H2,1H3. The monoisotopic (exact) mass is 373 g/mol. The highest BCUT2D eigenvalue weighted by Crippen LogP contribution is 2.35. The molecule has 1 aliphatic rings. The van der Waals surface area contributed by atoms with Gasteiger partial charge < -0.3 is 10.1 Å². The normalized spacial score (nSPS) is 23.7. The molecule has 0 aromatic heterocycles. The summed E-state index contributed by atoms with van der Waals surface area (Å²) in [5.41, 5.74) is 1.74. The van der Waals surface area contributed by atoms with Crippen LogP contribution in [0, 0.1) is 0 Å². The van der Waals surface area contributed by atoms with Gasteiger partial charge in [-0.25, -0.2) is 0 Å². The maximum absolute atomic E-state index is 12.5. The molecule has 0 saturated carbocycles. The molecule has 1 saturated heterocycles. The molecule has 1 N–H and O–H groups in total. The SMILES string of the molecule is COC(=O)C1(Cc2ccc(Br)cc2)CC(c2ccccc2)CN1. The molecule has 4 heteroatoms. The third-order valence-electron chi connectivity index (χ3n) is 4.55. The lowest BCUT2D eigenvalue weighted by atomic mass is 9.84. The number of nitrogens with one attached hydrogen (secondary N) is 1. The number of methoxy groups -OCH3 is 1. The van der Waals surface area contributed by atoms with Gasteiger partial charge in [0, 0.05) is 17.4 Å². The van der Waals surface area contributed by atoms with Crippen molar-refractivity contribution in [2.24, 2.45) is 0 Å². The maximum atomic E-state index is 12.5. The average Bonchev–Trinajstić information content (AvgIpc) is 3.02. The van der Waals surface area contributed by atoms with E-state index in [0.29, 0.717) is 12.3 Å². The molecule has 1 aliphatic heterocycles. The second kappa shape index (κ2) is 6.85. The van der Waals surface area contributed by atoms with Gasteiger partial charge in [0.05, 0.1) is 7.11 Å². The van der Waals surface area contributed by atoms with E-state index in [2.05, 4.69) is 33.4 Å². The molecule has 1 fully saturated rings. The van der Waals surface area contributed by atoms with Crippen LogP contribution in [0.3, 0.4) is 0 Å². The summed E-state index contributed by atoms with van der Waals surface area (Å²) in [7, 11) is 1.46. The molecule has 2 aromatic carbocycles. The molecule has 0 spiro atoms. The molecule has 3 nitrogen and oxygen atoms in total. The van der Waals surface area contributed by atoms with E-state index in [9.17, 15) is 4.79 Å². The second-order valence-corrected chi connectivity index (χ2v) is 6.99. The molecule has 2 atom stereocenters. The van der Waals surface area contributed by atoms with Gasteiger partial charge in [-0.15, -0.1) is 0 Å². The molecular weight excluding hydrogens is 354 g/mol. The number of esters is 1. The van der Waals surface area contributed by atoms with E-state index in [1.54, 1.807) is 0 Å². The Bertz CT molecular complexity index is 672. The fraction of sp³-hybridized carbons (Fsp3) is 0.316. The summed E-state index contributed by atoms with van der Waals surface area (Å²) in [4.78, 5) is 12.5. The lowest BCUT2D eigenvalue weighted by molar-refractivity contribution is -0.148. The van der Waals surface area contributed by atoms with E-state index >= 15 is 0 Å². The molecule has 2 aromatic rings. The number of carbonyl (C=O) groups is 1. The maximum Gasteiger partial charge on any atom is 0.326 e. The van der Waals surface area contributed by atoms with E-state index in [1.807, 2.05) is 42.5 Å². The van der Waals surface area contributed by atoms with Crippen LogP contribution in [0.15, 0.2) is 59.1 Å². The van der Waals surface area contributed by atoms with Crippen LogP contribution in [0.5, 0.6) is 0 Å². The first-order chi connectivity index (χ1) is 11.1. The van der Waals surface area contributed by atoms with Crippen LogP contribution in [0.4, 0.5) is 0 Å². The van der Waals surface area contributed by atoms with Crippen molar-refractivity contribution >= 4 is 21.9 Å². The Morgan fingerprint density at radius 1 is 1.22 bits per heavy atom. The lowest BCUT2D eigenvalue weighted by Crippen LogP contribution is -2.50. The van der Waals surface area contributed by atoms with E-state index in [4.69, 9.17) is 4.74 Å². The predicted molar refractivity (Wildman–Crippen MR) is 94.4 cm³/mol. The minimum absolute atomic E-state index is 0.182. The van der Waals surface area contributed by atoms with E-state index in [1.165, 1.54) is 12.7 Å². The van der Waals surface area contributed by atoms with Crippen molar-refractivity contribution in [3.8, 4) is 0 Å². The first-order valence-corrected chi connectivity index (χ1v) is 8.55. The Morgan fingerprint density at radius 2 is 1.91 bits per heavy atom. The number of benzene rings is 2. The van der Waals surface area contributed by atoms with Gasteiger partial charge in [-0.2, -0.15) is 0 Å². The van der Waals surface area contributed by atoms with Crippen molar-refractivity contribution in [1.29, 1.82) is 0 Å². The second-order valence-electron chi connectivity index (χ2n) is 6.07. The highest BCUT2D eigenvalue weighted by atomic mass is 79.9. The van der Waals surface area contributed by atoms with Crippen LogP contribution in [-0.2, 0) is 16.0 Å². The van der Waals surface area contributed by atoms with Crippen LogP contribution in [-0.4, -0.2) is 25.2 Å². The Balaban J connectivity index is 1.84. The highest BCUT2D eigenvalue weighted by Gasteiger charge is 2.46. The van der Waals surface area contributed by atoms with Gasteiger partial charge >= 0.3 is 5.97 Å². The van der Waals surface area contributed by atoms with Crippen LogP contribution in [0.1, 0.15) is 23.5 Å². The smallest absolute Gasteiger partial charge is 0.326 e. The van der Waals surface area contributed by atoms with E-state index in [0.717, 1.165) is 23.0 Å². The van der Waals surface area contributed by atoms with Crippen LogP contribution < -0.4 is 5.32 Å². The zero-order chi connectivity index (χ0) is 16.3. The predicted octanol–water partition coefficient (Wildman–Crippen LogP) is 3.68. The summed E-state index contributed by atoms with van der Waals surface area (Å²) < 4.78 is 6.14. The summed E-state index contributed by atoms with van der Waals surface area (Å²) in [5, 5.41) is 3.45. The topological polar surface area (TPSA) is 38.3 Å². The minimum Gasteiger partial charge on any atom is -0.468 e. The van der Waals surface area contributed by atoms with Gasteiger partial charge in [-0.3, -0.25) is 4.79 Å². The molecular formula is C19H20BrNO2. The largest absolute Gasteiger partial charge is 0.468 e. The van der Waals surface area contributed by atoms with Crippen LogP contribution in [0.25, 0.3) is 0 Å². The summed E-state index contributed by atoms with van der Waals surface area (Å²) in [6.07, 6.45) is 1.38. The zero-order valence-electron chi connectivity index (χ0n) is 13.1. The number of hydrogen-bond donors (Lipinski definition) is 1. The number of halogens is 1. The zero-order valence-corrected chi connectivity index (χ0v) is 14.7. The van der Waals surface area contributed by atoms with Gasteiger partial charge in [0.15, 0.2) is 0 Å². The molecule has 120 valence electrons. The number of rotatable bonds is 4. The first kappa shape index (κ1) is 16.2. The summed E-state index contributed by atoms with van der Waals surface area (Å²) >= 11 is 3.45. The fourth-order valence-electron chi connectivity index (χ4n) is 3.35. The minimum atomic E-state index is -0.650. The van der Waals surface area contributed by atoms with E-state index < -0.39 is 5.54 Å². The summed E-state index contributed by atoms with van der Waals surface area (Å²) in [5.74, 6) is 0.143. The van der Waals surface area contributed by atoms with Crippen molar-refractivity contribution in [2.75, 3.05) is 13.7 Å². The van der Waals surface area contributed by atoms with Crippen molar-refractivity contribution in [3.63, 3.8) is 0 Å². The van der Waals surface area contributed by atoms with Crippen molar-refractivity contribution < 1.29 is 9.53 Å².